The van der Waals surface area contributed by atoms with Gasteiger partial charge in [-0.1, -0.05) is 13.3 Å². The molecule has 0 amide bonds. The van der Waals surface area contributed by atoms with E-state index in [1.165, 1.54) is 25.7 Å². The molecule has 2 atom stereocenters. The summed E-state index contributed by atoms with van der Waals surface area (Å²) in [5.41, 5.74) is 0.371. The van der Waals surface area contributed by atoms with Crippen LogP contribution in [0.2, 0.25) is 0 Å². The van der Waals surface area contributed by atoms with E-state index in [4.69, 9.17) is 11.6 Å². The fourth-order valence-electron chi connectivity index (χ4n) is 5.10. The highest BCUT2D eigenvalue weighted by molar-refractivity contribution is 6.64. The molecule has 2 unspecified atom stereocenters. The van der Waals surface area contributed by atoms with Crippen LogP contribution < -0.4 is 0 Å². The van der Waals surface area contributed by atoms with Crippen LogP contribution in [0.25, 0.3) is 0 Å². The van der Waals surface area contributed by atoms with E-state index in [0.29, 0.717) is 5.41 Å². The van der Waals surface area contributed by atoms with E-state index in [2.05, 4.69) is 6.92 Å². The first-order valence-corrected chi connectivity index (χ1v) is 6.65. The molecule has 4 aliphatic rings. The van der Waals surface area contributed by atoms with Gasteiger partial charge in [0.25, 0.3) is 0 Å². The van der Waals surface area contributed by atoms with Crippen molar-refractivity contribution in [3.63, 3.8) is 0 Å². The molecule has 0 aromatic carbocycles. The summed E-state index contributed by atoms with van der Waals surface area (Å²) in [4.78, 5) is 11.7. The lowest BCUT2D eigenvalue weighted by atomic mass is 9.44. The average molecular weight is 227 g/mol. The predicted octanol–water partition coefficient (Wildman–Crippen LogP) is 3.75. The van der Waals surface area contributed by atoms with Crippen molar-refractivity contribution in [1.29, 1.82) is 0 Å². The molecule has 4 rings (SSSR count). The maximum Gasteiger partial charge on any atom is 0.227 e. The van der Waals surface area contributed by atoms with Gasteiger partial charge in [-0.2, -0.15) is 0 Å². The second kappa shape index (κ2) is 3.00. The van der Waals surface area contributed by atoms with Crippen molar-refractivity contribution in [3.8, 4) is 0 Å². The minimum Gasteiger partial charge on any atom is -0.281 e. The van der Waals surface area contributed by atoms with Crippen LogP contribution in [0.1, 0.15) is 51.9 Å². The molecule has 84 valence electrons. The molecule has 0 radical (unpaired) electrons. The van der Waals surface area contributed by atoms with E-state index < -0.39 is 0 Å². The SMILES string of the molecule is CCC12CC3CC(C1)CC(C(=O)Cl)(C3)C2. The van der Waals surface area contributed by atoms with Gasteiger partial charge in [-0.05, 0) is 67.4 Å². The van der Waals surface area contributed by atoms with E-state index >= 15 is 0 Å². The number of rotatable bonds is 2. The van der Waals surface area contributed by atoms with Crippen LogP contribution in [0.3, 0.4) is 0 Å². The summed E-state index contributed by atoms with van der Waals surface area (Å²) < 4.78 is 0. The van der Waals surface area contributed by atoms with E-state index in [0.717, 1.165) is 31.1 Å². The number of hydrogen-bond donors (Lipinski definition) is 0. The third-order valence-electron chi connectivity index (χ3n) is 5.35. The van der Waals surface area contributed by atoms with Crippen molar-refractivity contribution in [1.82, 2.24) is 0 Å². The molecular weight excluding hydrogens is 208 g/mol. The standard InChI is InChI=1S/C13H19ClO/c1-2-12-4-9-3-10(5-12)7-13(6-9,8-12)11(14)15/h9-10H,2-8H2,1H3. The third kappa shape index (κ3) is 1.32. The Hall–Kier alpha value is -0.0400. The topological polar surface area (TPSA) is 17.1 Å². The Balaban J connectivity index is 1.99. The molecule has 0 aromatic heterocycles. The van der Waals surface area contributed by atoms with Gasteiger partial charge >= 0.3 is 0 Å². The summed E-state index contributed by atoms with van der Waals surface area (Å²) in [5.74, 6) is 1.60. The maximum absolute atomic E-state index is 11.7. The Morgan fingerprint density at radius 3 is 2.33 bits per heavy atom. The first-order valence-electron chi connectivity index (χ1n) is 6.27. The first-order chi connectivity index (χ1) is 7.07. The normalized spacial score (nSPS) is 52.1. The lowest BCUT2D eigenvalue weighted by Crippen LogP contribution is -2.53. The molecule has 4 aliphatic carbocycles. The molecule has 4 bridgehead atoms. The Kier molecular flexibility index (Phi) is 2.03. The number of carbonyl (C=O) groups is 1. The van der Waals surface area contributed by atoms with Crippen LogP contribution in [0.4, 0.5) is 0 Å². The zero-order chi connectivity index (χ0) is 10.7. The molecule has 0 N–H and O–H groups in total. The summed E-state index contributed by atoms with van der Waals surface area (Å²) in [7, 11) is 0. The first kappa shape index (κ1) is 10.1. The van der Waals surface area contributed by atoms with Crippen LogP contribution in [-0.2, 0) is 4.79 Å². The molecule has 0 spiro atoms. The minimum atomic E-state index is -0.109. The number of hydrogen-bond acceptors (Lipinski definition) is 1. The molecule has 4 fully saturated rings. The van der Waals surface area contributed by atoms with Gasteiger partial charge in [0, 0.05) is 5.41 Å². The maximum atomic E-state index is 11.7. The van der Waals surface area contributed by atoms with Crippen molar-refractivity contribution in [2.75, 3.05) is 0 Å². The van der Waals surface area contributed by atoms with Crippen molar-refractivity contribution in [2.24, 2.45) is 22.7 Å². The molecular formula is C13H19ClO. The molecule has 2 heteroatoms. The molecule has 0 heterocycles. The summed E-state index contributed by atoms with van der Waals surface area (Å²) in [6, 6.07) is 0. The lowest BCUT2D eigenvalue weighted by molar-refractivity contribution is -0.147. The smallest absolute Gasteiger partial charge is 0.227 e. The van der Waals surface area contributed by atoms with Crippen molar-refractivity contribution in [2.45, 2.75) is 51.9 Å². The number of carbonyl (C=O) groups excluding carboxylic acids is 1. The minimum absolute atomic E-state index is 0.0329. The monoisotopic (exact) mass is 226 g/mol. The molecule has 4 saturated carbocycles. The molecule has 1 nitrogen and oxygen atoms in total. The van der Waals surface area contributed by atoms with Crippen LogP contribution in [0.15, 0.2) is 0 Å². The van der Waals surface area contributed by atoms with E-state index in [1.54, 1.807) is 0 Å². The predicted molar refractivity (Wildman–Crippen MR) is 60.7 cm³/mol. The highest BCUT2D eigenvalue weighted by Crippen LogP contribution is 2.66. The van der Waals surface area contributed by atoms with Gasteiger partial charge in [-0.15, -0.1) is 0 Å². The third-order valence-corrected chi connectivity index (χ3v) is 5.75. The Bertz CT molecular complexity index is 296. The molecule has 15 heavy (non-hydrogen) atoms. The van der Waals surface area contributed by atoms with Gasteiger partial charge in [-0.25, -0.2) is 0 Å². The van der Waals surface area contributed by atoms with Crippen molar-refractivity contribution in [3.05, 3.63) is 0 Å². The fourth-order valence-corrected chi connectivity index (χ4v) is 5.32. The van der Waals surface area contributed by atoms with Crippen LogP contribution in [0.5, 0.6) is 0 Å². The van der Waals surface area contributed by atoms with Crippen molar-refractivity contribution < 1.29 is 4.79 Å². The Labute approximate surface area is 96.6 Å². The largest absolute Gasteiger partial charge is 0.281 e. The van der Waals surface area contributed by atoms with Crippen LogP contribution in [-0.4, -0.2) is 5.24 Å². The van der Waals surface area contributed by atoms with E-state index in [-0.39, 0.29) is 10.7 Å². The van der Waals surface area contributed by atoms with Gasteiger partial charge in [0.1, 0.15) is 0 Å². The van der Waals surface area contributed by atoms with Gasteiger partial charge in [0.15, 0.2) is 0 Å². The molecule has 0 saturated heterocycles. The molecule has 0 aliphatic heterocycles. The van der Waals surface area contributed by atoms with Crippen LogP contribution in [0, 0.1) is 22.7 Å². The van der Waals surface area contributed by atoms with E-state index in [9.17, 15) is 4.79 Å². The summed E-state index contributed by atoms with van der Waals surface area (Å²) >= 11 is 5.88. The second-order valence-electron chi connectivity index (χ2n) is 6.37. The number of halogens is 1. The summed E-state index contributed by atoms with van der Waals surface area (Å²) in [6.45, 7) is 2.29. The lowest BCUT2D eigenvalue weighted by Gasteiger charge is -2.61. The van der Waals surface area contributed by atoms with Crippen molar-refractivity contribution >= 4 is 16.8 Å². The van der Waals surface area contributed by atoms with Gasteiger partial charge in [0.2, 0.25) is 5.24 Å². The van der Waals surface area contributed by atoms with Gasteiger partial charge < -0.3 is 0 Å². The summed E-state index contributed by atoms with van der Waals surface area (Å²) in [5, 5.41) is -0.0329. The second-order valence-corrected chi connectivity index (χ2v) is 6.71. The zero-order valence-electron chi connectivity index (χ0n) is 9.39. The van der Waals surface area contributed by atoms with Gasteiger partial charge in [0.05, 0.1) is 0 Å². The highest BCUT2D eigenvalue weighted by atomic mass is 35.5. The van der Waals surface area contributed by atoms with Gasteiger partial charge in [-0.3, -0.25) is 4.79 Å². The zero-order valence-corrected chi connectivity index (χ0v) is 10.1. The molecule has 0 aromatic rings. The Morgan fingerprint density at radius 1 is 1.27 bits per heavy atom. The average Bonchev–Trinajstić information content (AvgIpc) is 2.15. The Morgan fingerprint density at radius 2 is 1.87 bits per heavy atom. The van der Waals surface area contributed by atoms with Crippen LogP contribution >= 0.6 is 11.6 Å². The highest BCUT2D eigenvalue weighted by Gasteiger charge is 2.59. The summed E-state index contributed by atoms with van der Waals surface area (Å²) in [6.07, 6.45) is 8.62. The quantitative estimate of drug-likeness (QED) is 0.656. The fraction of sp³-hybridized carbons (Fsp3) is 0.923. The van der Waals surface area contributed by atoms with E-state index in [1.807, 2.05) is 0 Å².